The highest BCUT2D eigenvalue weighted by atomic mass is 16.5. The highest BCUT2D eigenvalue weighted by Crippen LogP contribution is 2.29. The first-order valence-corrected chi connectivity index (χ1v) is 9.67. The molecule has 0 spiro atoms. The molecule has 0 aliphatic rings. The molecule has 1 amide bonds. The summed E-state index contributed by atoms with van der Waals surface area (Å²) in [6.45, 7) is 6.43. The minimum atomic E-state index is -0.197. The Morgan fingerprint density at radius 2 is 1.63 bits per heavy atom. The van der Waals surface area contributed by atoms with Crippen LogP contribution in [0.25, 0.3) is 22.8 Å². The number of aromatic nitrogens is 3. The molecule has 2 aromatic carbocycles. The maximum absolute atomic E-state index is 12.8. The second kappa shape index (κ2) is 7.91. The predicted octanol–water partition coefficient (Wildman–Crippen LogP) is 5.35. The number of hydrogen-bond donors (Lipinski definition) is 1. The molecule has 0 bridgehead atoms. The zero-order chi connectivity index (χ0) is 21.1. The summed E-state index contributed by atoms with van der Waals surface area (Å²) in [6.07, 6.45) is 3.34. The number of benzene rings is 2. The van der Waals surface area contributed by atoms with E-state index in [9.17, 15) is 4.79 Å². The Balaban J connectivity index is 1.58. The SMILES string of the molecule is CC(C)(C)c1ccc(C(=O)Nc2ccccc2-c2nc(-c3ccncc3)no2)cc1. The molecule has 2 aromatic heterocycles. The number of hydrogen-bond acceptors (Lipinski definition) is 5. The lowest BCUT2D eigenvalue weighted by Gasteiger charge is -2.19. The molecule has 4 aromatic rings. The third kappa shape index (κ3) is 4.12. The van der Waals surface area contributed by atoms with Gasteiger partial charge in [-0.05, 0) is 47.4 Å². The lowest BCUT2D eigenvalue weighted by molar-refractivity contribution is 0.102. The first kappa shape index (κ1) is 19.5. The van der Waals surface area contributed by atoms with Gasteiger partial charge < -0.3 is 9.84 Å². The molecule has 150 valence electrons. The maximum Gasteiger partial charge on any atom is 0.260 e. The van der Waals surface area contributed by atoms with E-state index in [1.807, 2.05) is 60.7 Å². The summed E-state index contributed by atoms with van der Waals surface area (Å²) in [5, 5.41) is 7.00. The number of nitrogens with one attached hydrogen (secondary N) is 1. The average molecular weight is 398 g/mol. The molecular weight excluding hydrogens is 376 g/mol. The molecule has 0 unspecified atom stereocenters. The fourth-order valence-electron chi connectivity index (χ4n) is 3.05. The Hall–Kier alpha value is -3.80. The summed E-state index contributed by atoms with van der Waals surface area (Å²) in [4.78, 5) is 21.3. The standard InChI is InChI=1S/C24H22N4O2/c1-24(2,3)18-10-8-17(9-11-18)22(29)26-20-7-5-4-6-19(20)23-27-21(28-30-23)16-12-14-25-15-13-16/h4-15H,1-3H3,(H,26,29). The number of carbonyl (C=O) groups is 1. The van der Waals surface area contributed by atoms with Crippen molar-refractivity contribution in [1.29, 1.82) is 0 Å². The second-order valence-corrected chi connectivity index (χ2v) is 7.99. The van der Waals surface area contributed by atoms with Gasteiger partial charge in [-0.1, -0.05) is 50.2 Å². The van der Waals surface area contributed by atoms with Crippen LogP contribution in [-0.4, -0.2) is 21.0 Å². The first-order chi connectivity index (χ1) is 14.4. The molecule has 0 saturated heterocycles. The van der Waals surface area contributed by atoms with Crippen molar-refractivity contribution in [3.8, 4) is 22.8 Å². The predicted molar refractivity (Wildman–Crippen MR) is 116 cm³/mol. The monoisotopic (exact) mass is 398 g/mol. The number of rotatable bonds is 4. The van der Waals surface area contributed by atoms with E-state index in [1.54, 1.807) is 12.4 Å². The van der Waals surface area contributed by atoms with E-state index in [0.29, 0.717) is 28.5 Å². The average Bonchev–Trinajstić information content (AvgIpc) is 3.24. The quantitative estimate of drug-likeness (QED) is 0.501. The summed E-state index contributed by atoms with van der Waals surface area (Å²) in [7, 11) is 0. The van der Waals surface area contributed by atoms with Crippen LogP contribution in [-0.2, 0) is 5.41 Å². The van der Waals surface area contributed by atoms with Crippen LogP contribution < -0.4 is 5.32 Å². The molecule has 0 aliphatic carbocycles. The highest BCUT2D eigenvalue weighted by Gasteiger charge is 2.17. The van der Waals surface area contributed by atoms with Crippen LogP contribution in [0, 0.1) is 0 Å². The Kier molecular flexibility index (Phi) is 5.14. The summed E-state index contributed by atoms with van der Waals surface area (Å²) >= 11 is 0. The van der Waals surface area contributed by atoms with Crippen LogP contribution in [0.3, 0.4) is 0 Å². The van der Waals surface area contributed by atoms with Gasteiger partial charge in [0.1, 0.15) is 0 Å². The summed E-state index contributed by atoms with van der Waals surface area (Å²) in [5.41, 5.74) is 3.86. The van der Waals surface area contributed by atoms with Gasteiger partial charge in [0.05, 0.1) is 11.3 Å². The second-order valence-electron chi connectivity index (χ2n) is 7.99. The van der Waals surface area contributed by atoms with Crippen LogP contribution in [0.2, 0.25) is 0 Å². The number of nitrogens with zero attached hydrogens (tertiary/aromatic N) is 3. The van der Waals surface area contributed by atoms with E-state index in [2.05, 4.69) is 41.2 Å². The third-order valence-corrected chi connectivity index (χ3v) is 4.78. The molecule has 1 N–H and O–H groups in total. The van der Waals surface area contributed by atoms with Crippen molar-refractivity contribution in [2.75, 3.05) is 5.32 Å². The van der Waals surface area contributed by atoms with Gasteiger partial charge in [0.2, 0.25) is 5.82 Å². The van der Waals surface area contributed by atoms with Gasteiger partial charge in [-0.3, -0.25) is 9.78 Å². The Morgan fingerprint density at radius 3 is 2.33 bits per heavy atom. The fourth-order valence-corrected chi connectivity index (χ4v) is 3.05. The molecule has 6 heteroatoms. The van der Waals surface area contributed by atoms with E-state index >= 15 is 0 Å². The molecule has 0 atom stereocenters. The Labute approximate surface area is 175 Å². The minimum absolute atomic E-state index is 0.0338. The van der Waals surface area contributed by atoms with Crippen molar-refractivity contribution in [2.24, 2.45) is 0 Å². The topological polar surface area (TPSA) is 80.9 Å². The van der Waals surface area contributed by atoms with Crippen molar-refractivity contribution >= 4 is 11.6 Å². The van der Waals surface area contributed by atoms with Crippen molar-refractivity contribution < 1.29 is 9.32 Å². The highest BCUT2D eigenvalue weighted by molar-refractivity contribution is 6.06. The van der Waals surface area contributed by atoms with Crippen molar-refractivity contribution in [3.63, 3.8) is 0 Å². The molecule has 30 heavy (non-hydrogen) atoms. The van der Waals surface area contributed by atoms with Crippen LogP contribution in [0.4, 0.5) is 5.69 Å². The number of anilines is 1. The van der Waals surface area contributed by atoms with Gasteiger partial charge in [-0.25, -0.2) is 0 Å². The molecule has 0 aliphatic heterocycles. The molecule has 4 rings (SSSR count). The van der Waals surface area contributed by atoms with Gasteiger partial charge in [0, 0.05) is 23.5 Å². The van der Waals surface area contributed by atoms with Gasteiger partial charge >= 0.3 is 0 Å². The lowest BCUT2D eigenvalue weighted by Crippen LogP contribution is -2.14. The van der Waals surface area contributed by atoms with Gasteiger partial charge in [0.15, 0.2) is 0 Å². The Morgan fingerprint density at radius 1 is 0.933 bits per heavy atom. The number of pyridine rings is 1. The summed E-state index contributed by atoms with van der Waals surface area (Å²) in [5.74, 6) is 0.601. The molecule has 0 saturated carbocycles. The fraction of sp³-hybridized carbons (Fsp3) is 0.167. The summed E-state index contributed by atoms with van der Waals surface area (Å²) in [6, 6.07) is 18.6. The number of para-hydroxylation sites is 1. The first-order valence-electron chi connectivity index (χ1n) is 9.67. The van der Waals surface area contributed by atoms with E-state index < -0.39 is 0 Å². The minimum Gasteiger partial charge on any atom is -0.334 e. The van der Waals surface area contributed by atoms with Gasteiger partial charge in [0.25, 0.3) is 11.8 Å². The van der Waals surface area contributed by atoms with Crippen molar-refractivity contribution in [3.05, 3.63) is 84.2 Å². The Bertz CT molecular complexity index is 1160. The summed E-state index contributed by atoms with van der Waals surface area (Å²) < 4.78 is 5.45. The largest absolute Gasteiger partial charge is 0.334 e. The molecule has 6 nitrogen and oxygen atoms in total. The zero-order valence-electron chi connectivity index (χ0n) is 17.1. The van der Waals surface area contributed by atoms with E-state index in [4.69, 9.17) is 4.52 Å². The molecule has 0 fully saturated rings. The maximum atomic E-state index is 12.8. The van der Waals surface area contributed by atoms with Crippen molar-refractivity contribution in [1.82, 2.24) is 15.1 Å². The van der Waals surface area contributed by atoms with E-state index in [0.717, 1.165) is 5.56 Å². The van der Waals surface area contributed by atoms with Crippen molar-refractivity contribution in [2.45, 2.75) is 26.2 Å². The smallest absolute Gasteiger partial charge is 0.260 e. The van der Waals surface area contributed by atoms with Crippen LogP contribution >= 0.6 is 0 Å². The van der Waals surface area contributed by atoms with Crippen LogP contribution in [0.1, 0.15) is 36.7 Å². The van der Waals surface area contributed by atoms with Gasteiger partial charge in [-0.15, -0.1) is 0 Å². The molecule has 2 heterocycles. The molecular formula is C24H22N4O2. The normalized spacial score (nSPS) is 11.3. The number of amides is 1. The van der Waals surface area contributed by atoms with Crippen LogP contribution in [0.5, 0.6) is 0 Å². The third-order valence-electron chi connectivity index (χ3n) is 4.78. The zero-order valence-corrected chi connectivity index (χ0v) is 17.1. The van der Waals surface area contributed by atoms with E-state index in [1.165, 1.54) is 5.56 Å². The van der Waals surface area contributed by atoms with E-state index in [-0.39, 0.29) is 11.3 Å². The molecule has 0 radical (unpaired) electrons. The van der Waals surface area contributed by atoms with Crippen LogP contribution in [0.15, 0.2) is 77.6 Å². The lowest BCUT2D eigenvalue weighted by atomic mass is 9.87. The van der Waals surface area contributed by atoms with Gasteiger partial charge in [-0.2, -0.15) is 4.98 Å². The number of carbonyl (C=O) groups excluding carboxylic acids is 1.